The van der Waals surface area contributed by atoms with Crippen LogP contribution in [0.5, 0.6) is 0 Å². The summed E-state index contributed by atoms with van der Waals surface area (Å²) >= 11 is 0. The zero-order valence-corrected chi connectivity index (χ0v) is 9.61. The van der Waals surface area contributed by atoms with E-state index >= 15 is 0 Å². The van der Waals surface area contributed by atoms with Gasteiger partial charge in [-0.3, -0.25) is 0 Å². The summed E-state index contributed by atoms with van der Waals surface area (Å²) in [4.78, 5) is 10.9. The number of aromatic amines is 1. The number of rotatable bonds is 0. The van der Waals surface area contributed by atoms with E-state index in [9.17, 15) is 4.79 Å². The van der Waals surface area contributed by atoms with Crippen molar-refractivity contribution in [3.63, 3.8) is 0 Å². The molecule has 3 N–H and O–H groups in total. The minimum absolute atomic E-state index is 0.271. The number of H-pyrrole nitrogens is 1. The van der Waals surface area contributed by atoms with Gasteiger partial charge in [-0.2, -0.15) is 5.10 Å². The minimum Gasteiger partial charge on any atom is -0.396 e. The van der Waals surface area contributed by atoms with Gasteiger partial charge < -0.3 is 5.73 Å². The fourth-order valence-corrected chi connectivity index (χ4v) is 0.954. The third-order valence-corrected chi connectivity index (χ3v) is 1.47. The van der Waals surface area contributed by atoms with E-state index in [-0.39, 0.29) is 5.69 Å². The molecule has 0 spiro atoms. The Bertz CT molecular complexity index is 444. The van der Waals surface area contributed by atoms with Crippen molar-refractivity contribution in [2.24, 2.45) is 0 Å². The van der Waals surface area contributed by atoms with Crippen molar-refractivity contribution in [1.82, 2.24) is 14.6 Å². The number of nitrogens with two attached hydrogens (primary N) is 1. The second kappa shape index (κ2) is 6.64. The van der Waals surface area contributed by atoms with Crippen LogP contribution in [0.4, 0.5) is 5.69 Å². The molecule has 0 atom stereocenters. The largest absolute Gasteiger partial charge is 0.396 e. The number of hydrogen-bond acceptors (Lipinski definition) is 3. The van der Waals surface area contributed by atoms with Crippen LogP contribution in [-0.2, 0) is 0 Å². The van der Waals surface area contributed by atoms with Crippen molar-refractivity contribution in [3.8, 4) is 0 Å². The first-order valence-electron chi connectivity index (χ1n) is 5.10. The number of hydrogen-bond donors (Lipinski definition) is 2. The maximum Gasteiger partial charge on any atom is 0.347 e. The van der Waals surface area contributed by atoms with Crippen LogP contribution < -0.4 is 11.4 Å². The molecule has 5 nitrogen and oxygen atoms in total. The Morgan fingerprint density at radius 3 is 2.47 bits per heavy atom. The summed E-state index contributed by atoms with van der Waals surface area (Å²) in [5.41, 5.74) is 6.22. The van der Waals surface area contributed by atoms with Gasteiger partial charge in [0.1, 0.15) is 0 Å². The van der Waals surface area contributed by atoms with E-state index in [1.54, 1.807) is 18.3 Å². The molecule has 0 fully saturated rings. The fourth-order valence-electron chi connectivity index (χ4n) is 0.954. The maximum absolute atomic E-state index is 10.9. The first kappa shape index (κ1) is 13.2. The molecule has 15 heavy (non-hydrogen) atoms. The minimum atomic E-state index is -0.271. The molecule has 84 valence electrons. The van der Waals surface area contributed by atoms with Crippen LogP contribution in [0.2, 0.25) is 0 Å². The Kier molecular flexibility index (Phi) is 5.85. The van der Waals surface area contributed by atoms with E-state index in [0.29, 0.717) is 11.3 Å². The second-order valence-electron chi connectivity index (χ2n) is 2.19. The van der Waals surface area contributed by atoms with Crippen molar-refractivity contribution >= 4 is 11.3 Å². The summed E-state index contributed by atoms with van der Waals surface area (Å²) in [5, 5.41) is 6.01. The van der Waals surface area contributed by atoms with E-state index in [0.717, 1.165) is 0 Å². The summed E-state index contributed by atoms with van der Waals surface area (Å²) in [7, 11) is 0. The SMILES string of the molecule is CC.CC.Nc1cccn2c(=O)[nH]nc12. The highest BCUT2D eigenvalue weighted by Gasteiger charge is 2.00. The number of nitrogens with zero attached hydrogens (tertiary/aromatic N) is 2. The Hall–Kier alpha value is -1.78. The molecule has 0 amide bonds. The van der Waals surface area contributed by atoms with E-state index in [1.165, 1.54) is 4.40 Å². The Labute approximate surface area is 88.9 Å². The van der Waals surface area contributed by atoms with Gasteiger partial charge in [0.25, 0.3) is 0 Å². The molecule has 2 rings (SSSR count). The summed E-state index contributed by atoms with van der Waals surface area (Å²) < 4.78 is 1.36. The molecule has 0 saturated carbocycles. The van der Waals surface area contributed by atoms with Gasteiger partial charge in [-0.15, -0.1) is 0 Å². The molecule has 0 aromatic carbocycles. The first-order valence-corrected chi connectivity index (χ1v) is 5.10. The number of nitrogens with one attached hydrogen (secondary N) is 1. The molecule has 0 aliphatic rings. The van der Waals surface area contributed by atoms with Crippen LogP contribution in [0, 0.1) is 0 Å². The standard InChI is InChI=1S/C6H6N4O.2C2H6/c7-4-2-1-3-10-5(4)8-9-6(10)11;2*1-2/h1-3H,7H2,(H,9,11);2*1-2H3. The molecule has 2 aromatic heterocycles. The zero-order valence-electron chi connectivity index (χ0n) is 9.61. The molecule has 2 heterocycles. The lowest BCUT2D eigenvalue weighted by atomic mass is 10.4. The van der Waals surface area contributed by atoms with Crippen LogP contribution in [0.25, 0.3) is 5.65 Å². The van der Waals surface area contributed by atoms with Gasteiger partial charge in [-0.05, 0) is 12.1 Å². The van der Waals surface area contributed by atoms with Gasteiger partial charge in [0, 0.05) is 6.20 Å². The van der Waals surface area contributed by atoms with Gasteiger partial charge in [-0.1, -0.05) is 27.7 Å². The van der Waals surface area contributed by atoms with Crippen molar-refractivity contribution in [2.45, 2.75) is 27.7 Å². The topological polar surface area (TPSA) is 76.2 Å². The lowest BCUT2D eigenvalue weighted by Gasteiger charge is -1.91. The van der Waals surface area contributed by atoms with Crippen LogP contribution in [-0.4, -0.2) is 14.6 Å². The van der Waals surface area contributed by atoms with E-state index in [4.69, 9.17) is 5.73 Å². The first-order chi connectivity index (χ1) is 7.29. The number of nitrogen functional groups attached to an aromatic ring is 1. The predicted octanol–water partition coefficient (Wildman–Crippen LogP) is 1.66. The molecule has 0 saturated heterocycles. The molecule has 5 heteroatoms. The van der Waals surface area contributed by atoms with E-state index < -0.39 is 0 Å². The summed E-state index contributed by atoms with van der Waals surface area (Å²) in [6.45, 7) is 8.00. The molecular formula is C10H18N4O. The van der Waals surface area contributed by atoms with Crippen LogP contribution in [0.1, 0.15) is 27.7 Å². The quantitative estimate of drug-likeness (QED) is 0.694. The van der Waals surface area contributed by atoms with Crippen LogP contribution >= 0.6 is 0 Å². The summed E-state index contributed by atoms with van der Waals surface area (Å²) in [6.07, 6.45) is 1.61. The second-order valence-corrected chi connectivity index (χ2v) is 2.19. The van der Waals surface area contributed by atoms with Crippen LogP contribution in [0.15, 0.2) is 23.1 Å². The molecular weight excluding hydrogens is 192 g/mol. The Morgan fingerprint density at radius 1 is 1.33 bits per heavy atom. The van der Waals surface area contributed by atoms with Gasteiger partial charge >= 0.3 is 5.69 Å². The summed E-state index contributed by atoms with van der Waals surface area (Å²) in [6, 6.07) is 3.38. The molecule has 0 unspecified atom stereocenters. The average Bonchev–Trinajstić information content (AvgIpc) is 2.68. The van der Waals surface area contributed by atoms with E-state index in [2.05, 4.69) is 10.2 Å². The van der Waals surface area contributed by atoms with Crippen molar-refractivity contribution in [1.29, 1.82) is 0 Å². The van der Waals surface area contributed by atoms with E-state index in [1.807, 2.05) is 27.7 Å². The zero-order chi connectivity index (χ0) is 11.8. The third kappa shape index (κ3) is 2.83. The fraction of sp³-hybridized carbons (Fsp3) is 0.400. The van der Waals surface area contributed by atoms with Gasteiger partial charge in [0.15, 0.2) is 5.65 Å². The van der Waals surface area contributed by atoms with Crippen molar-refractivity contribution in [3.05, 3.63) is 28.8 Å². The maximum atomic E-state index is 10.9. The third-order valence-electron chi connectivity index (χ3n) is 1.47. The molecule has 0 bridgehead atoms. The van der Waals surface area contributed by atoms with Gasteiger partial charge in [0.2, 0.25) is 0 Å². The lowest BCUT2D eigenvalue weighted by molar-refractivity contribution is 1.02. The Morgan fingerprint density at radius 2 is 1.93 bits per heavy atom. The Balaban J connectivity index is 0.000000442. The molecule has 0 aliphatic heterocycles. The highest BCUT2D eigenvalue weighted by Crippen LogP contribution is 2.05. The molecule has 0 radical (unpaired) electrons. The van der Waals surface area contributed by atoms with Gasteiger partial charge in [-0.25, -0.2) is 14.3 Å². The van der Waals surface area contributed by atoms with Gasteiger partial charge in [0.05, 0.1) is 5.69 Å². The molecule has 2 aromatic rings. The van der Waals surface area contributed by atoms with Crippen LogP contribution in [0.3, 0.4) is 0 Å². The highest BCUT2D eigenvalue weighted by molar-refractivity contribution is 5.62. The number of fused-ring (bicyclic) bond motifs is 1. The number of anilines is 1. The number of aromatic nitrogens is 3. The highest BCUT2D eigenvalue weighted by atomic mass is 16.1. The number of pyridine rings is 1. The predicted molar refractivity (Wildman–Crippen MR) is 62.9 cm³/mol. The normalized spacial score (nSPS) is 8.53. The lowest BCUT2D eigenvalue weighted by Crippen LogP contribution is -2.08. The van der Waals surface area contributed by atoms with Crippen molar-refractivity contribution in [2.75, 3.05) is 5.73 Å². The summed E-state index contributed by atoms with van der Waals surface area (Å²) in [5.74, 6) is 0. The smallest absolute Gasteiger partial charge is 0.347 e. The monoisotopic (exact) mass is 210 g/mol. The molecule has 0 aliphatic carbocycles. The van der Waals surface area contributed by atoms with Crippen molar-refractivity contribution < 1.29 is 0 Å². The average molecular weight is 210 g/mol.